The van der Waals surface area contributed by atoms with Crippen LogP contribution in [0.2, 0.25) is 0 Å². The molecule has 0 amide bonds. The van der Waals surface area contributed by atoms with E-state index in [1.54, 1.807) is 0 Å². The lowest BCUT2D eigenvalue weighted by atomic mass is 10.9. The predicted molar refractivity (Wildman–Crippen MR) is 64.1 cm³/mol. The van der Waals surface area contributed by atoms with Crippen molar-refractivity contribution in [2.24, 2.45) is 0 Å². The molecule has 0 fully saturated rings. The van der Waals surface area contributed by atoms with Crippen molar-refractivity contribution < 1.29 is 26.2 Å². The summed E-state index contributed by atoms with van der Waals surface area (Å²) >= 11 is 15.5. The fraction of sp³-hybridized carbons (Fsp3) is 1.00. The number of hydrogen-bond donors (Lipinski definition) is 0. The SMILES string of the molecule is CO[PH](=O)OC.CS(=O)(=O)OCC(Cl)(Cl)Cl. The van der Waals surface area contributed by atoms with Gasteiger partial charge in [-0.2, -0.15) is 8.42 Å². The van der Waals surface area contributed by atoms with Crippen LogP contribution < -0.4 is 0 Å². The molecular formula is C5H12Cl3O6PS. The van der Waals surface area contributed by atoms with E-state index in [0.29, 0.717) is 0 Å². The van der Waals surface area contributed by atoms with E-state index in [2.05, 4.69) is 13.2 Å². The molecule has 0 aliphatic rings. The Kier molecular flexibility index (Phi) is 10.8. The molecule has 0 heterocycles. The van der Waals surface area contributed by atoms with E-state index >= 15 is 0 Å². The summed E-state index contributed by atoms with van der Waals surface area (Å²) in [5.74, 6) is 0. The molecule has 11 heteroatoms. The summed E-state index contributed by atoms with van der Waals surface area (Å²) in [6.45, 7) is -0.462. The van der Waals surface area contributed by atoms with Crippen LogP contribution in [0, 0.1) is 0 Å². The van der Waals surface area contributed by atoms with Gasteiger partial charge in [-0.25, -0.2) is 0 Å². The summed E-state index contributed by atoms with van der Waals surface area (Å²) in [4.78, 5) is 0. The summed E-state index contributed by atoms with van der Waals surface area (Å²) in [5, 5.41) is 0. The van der Waals surface area contributed by atoms with Gasteiger partial charge in [-0.15, -0.1) is 0 Å². The summed E-state index contributed by atoms with van der Waals surface area (Å²) in [6, 6.07) is 0. The maximum atomic E-state index is 10.3. The lowest BCUT2D eigenvalue weighted by molar-refractivity contribution is 0.302. The molecule has 16 heavy (non-hydrogen) atoms. The quantitative estimate of drug-likeness (QED) is 0.443. The van der Waals surface area contributed by atoms with Crippen molar-refractivity contribution in [3.63, 3.8) is 0 Å². The lowest BCUT2D eigenvalue weighted by Crippen LogP contribution is -2.16. The highest BCUT2D eigenvalue weighted by Gasteiger charge is 2.22. The molecule has 0 aromatic carbocycles. The van der Waals surface area contributed by atoms with E-state index in [0.717, 1.165) is 6.26 Å². The van der Waals surface area contributed by atoms with E-state index in [-0.39, 0.29) is 0 Å². The van der Waals surface area contributed by atoms with Crippen molar-refractivity contribution >= 4 is 53.2 Å². The van der Waals surface area contributed by atoms with Gasteiger partial charge in [-0.3, -0.25) is 8.75 Å². The van der Waals surface area contributed by atoms with Gasteiger partial charge in [0.1, 0.15) is 6.61 Å². The monoisotopic (exact) mass is 336 g/mol. The average molecular weight is 338 g/mol. The minimum absolute atomic E-state index is 0.462. The largest absolute Gasteiger partial charge is 0.318 e. The van der Waals surface area contributed by atoms with Crippen LogP contribution in [0.3, 0.4) is 0 Å². The summed E-state index contributed by atoms with van der Waals surface area (Å²) < 4.78 is 41.4. The average Bonchev–Trinajstić information content (AvgIpc) is 2.12. The molecule has 0 aliphatic carbocycles. The summed E-state index contributed by atoms with van der Waals surface area (Å²) in [6.07, 6.45) is 0.878. The van der Waals surface area contributed by atoms with Gasteiger partial charge < -0.3 is 9.05 Å². The fourth-order valence-corrected chi connectivity index (χ4v) is 1.17. The third-order valence-corrected chi connectivity index (χ3v) is 2.31. The summed E-state index contributed by atoms with van der Waals surface area (Å²) in [5.41, 5.74) is 0. The van der Waals surface area contributed by atoms with Gasteiger partial charge in [0.05, 0.1) is 6.26 Å². The van der Waals surface area contributed by atoms with Crippen LogP contribution in [0.5, 0.6) is 0 Å². The van der Waals surface area contributed by atoms with E-state index in [1.165, 1.54) is 14.2 Å². The maximum Gasteiger partial charge on any atom is 0.318 e. The molecular weight excluding hydrogens is 325 g/mol. The molecule has 0 bridgehead atoms. The Morgan fingerprint density at radius 3 is 1.62 bits per heavy atom. The normalized spacial score (nSPS) is 12.2. The van der Waals surface area contributed by atoms with Gasteiger partial charge in [0.15, 0.2) is 0 Å². The second kappa shape index (κ2) is 8.94. The minimum atomic E-state index is -3.51. The van der Waals surface area contributed by atoms with Crippen molar-refractivity contribution in [3.05, 3.63) is 0 Å². The zero-order valence-corrected chi connectivity index (χ0v) is 12.8. The Bertz CT molecular complexity index is 294. The number of alkyl halides is 3. The molecule has 0 aliphatic heterocycles. The topological polar surface area (TPSA) is 78.9 Å². The molecule has 0 aromatic heterocycles. The second-order valence-corrected chi connectivity index (χ2v) is 7.72. The van der Waals surface area contributed by atoms with Crippen LogP contribution in [0.15, 0.2) is 0 Å². The van der Waals surface area contributed by atoms with E-state index < -0.39 is 28.8 Å². The van der Waals surface area contributed by atoms with E-state index in [9.17, 15) is 13.0 Å². The first kappa shape index (κ1) is 19.3. The molecule has 0 radical (unpaired) electrons. The minimum Gasteiger partial charge on any atom is -0.314 e. The van der Waals surface area contributed by atoms with Gasteiger partial charge in [0.25, 0.3) is 10.1 Å². The van der Waals surface area contributed by atoms with Crippen molar-refractivity contribution in [3.8, 4) is 0 Å². The lowest BCUT2D eigenvalue weighted by Gasteiger charge is -2.08. The van der Waals surface area contributed by atoms with Gasteiger partial charge >= 0.3 is 8.25 Å². The molecule has 0 saturated heterocycles. The van der Waals surface area contributed by atoms with Crippen molar-refractivity contribution in [1.29, 1.82) is 0 Å². The fourth-order valence-electron chi connectivity index (χ4n) is 0.257. The molecule has 6 nitrogen and oxygen atoms in total. The summed E-state index contributed by atoms with van der Waals surface area (Å²) in [7, 11) is -2.95. The Hall–Kier alpha value is 0.930. The number of hydrogen-bond acceptors (Lipinski definition) is 6. The van der Waals surface area contributed by atoms with Crippen LogP contribution in [-0.4, -0.2) is 39.3 Å². The van der Waals surface area contributed by atoms with Crippen molar-refractivity contribution in [1.82, 2.24) is 0 Å². The van der Waals surface area contributed by atoms with Crippen LogP contribution in [0.4, 0.5) is 0 Å². The van der Waals surface area contributed by atoms with Crippen LogP contribution in [-0.2, 0) is 27.9 Å². The van der Waals surface area contributed by atoms with Crippen LogP contribution in [0.25, 0.3) is 0 Å². The molecule has 0 unspecified atom stereocenters. The molecule has 100 valence electrons. The van der Waals surface area contributed by atoms with Gasteiger partial charge in [-0.1, -0.05) is 34.8 Å². The van der Waals surface area contributed by atoms with Gasteiger partial charge in [0, 0.05) is 14.2 Å². The van der Waals surface area contributed by atoms with Crippen LogP contribution >= 0.6 is 43.1 Å². The number of halogens is 3. The highest BCUT2D eigenvalue weighted by molar-refractivity contribution is 7.86. The van der Waals surface area contributed by atoms with Crippen molar-refractivity contribution in [2.75, 3.05) is 27.1 Å². The smallest absolute Gasteiger partial charge is 0.314 e. The molecule has 0 aromatic rings. The first-order chi connectivity index (χ1) is 7.02. The first-order valence-electron chi connectivity index (χ1n) is 3.55. The van der Waals surface area contributed by atoms with Crippen molar-refractivity contribution in [2.45, 2.75) is 3.79 Å². The second-order valence-electron chi connectivity index (χ2n) is 2.24. The highest BCUT2D eigenvalue weighted by atomic mass is 35.6. The van der Waals surface area contributed by atoms with Crippen LogP contribution in [0.1, 0.15) is 0 Å². The first-order valence-corrected chi connectivity index (χ1v) is 7.72. The standard InChI is InChI=1S/C3H5Cl3O3S.C2H7O3P/c1-10(7,8)9-2-3(4,5)6;1-4-6(3)5-2/h2H2,1H3;6H,1-2H3. The molecule has 0 saturated carbocycles. The Morgan fingerprint density at radius 1 is 1.19 bits per heavy atom. The maximum absolute atomic E-state index is 10.3. The third-order valence-electron chi connectivity index (χ3n) is 0.770. The van der Waals surface area contributed by atoms with E-state index in [4.69, 9.17) is 34.8 Å². The predicted octanol–water partition coefficient (Wildman–Crippen LogP) is 2.00. The number of rotatable bonds is 4. The highest BCUT2D eigenvalue weighted by Crippen LogP contribution is 2.26. The van der Waals surface area contributed by atoms with E-state index in [1.807, 2.05) is 0 Å². The molecule has 0 atom stereocenters. The molecule has 0 spiro atoms. The Labute approximate surface area is 110 Å². The Morgan fingerprint density at radius 2 is 1.56 bits per heavy atom. The zero-order valence-electron chi connectivity index (χ0n) is 8.70. The van der Waals surface area contributed by atoms with Gasteiger partial charge in [0.2, 0.25) is 3.79 Å². The third kappa shape index (κ3) is 20.4. The Balaban J connectivity index is 0. The van der Waals surface area contributed by atoms with Gasteiger partial charge in [-0.05, 0) is 0 Å². The molecule has 0 N–H and O–H groups in total. The zero-order chi connectivity index (χ0) is 13.4. The molecule has 0 rings (SSSR count).